The Morgan fingerprint density at radius 2 is 1.86 bits per heavy atom. The zero-order valence-corrected chi connectivity index (χ0v) is 20.0. The van der Waals surface area contributed by atoms with Gasteiger partial charge in [-0.15, -0.1) is 0 Å². The third-order valence-electron chi connectivity index (χ3n) is 6.83. The number of hydrogen-bond donors (Lipinski definition) is 2. The molecular weight excluding hydrogens is 450 g/mol. The second kappa shape index (κ2) is 9.73. The smallest absolute Gasteiger partial charge is 0.254 e. The largest absolute Gasteiger partial charge is 0.381 e. The third kappa shape index (κ3) is 5.19. The van der Waals surface area contributed by atoms with Crippen molar-refractivity contribution in [2.24, 2.45) is 0 Å². The van der Waals surface area contributed by atoms with Crippen molar-refractivity contribution in [1.82, 2.24) is 25.0 Å². The maximum absolute atomic E-state index is 14.7. The number of likely N-dealkylation sites (tertiary alicyclic amines) is 1. The fourth-order valence-corrected chi connectivity index (χ4v) is 4.53. The lowest BCUT2D eigenvalue weighted by Gasteiger charge is -2.32. The van der Waals surface area contributed by atoms with E-state index in [1.54, 1.807) is 25.4 Å². The van der Waals surface area contributed by atoms with Crippen LogP contribution in [0.15, 0.2) is 36.8 Å². The summed E-state index contributed by atoms with van der Waals surface area (Å²) in [5, 5.41) is 10.7. The summed E-state index contributed by atoms with van der Waals surface area (Å²) >= 11 is 0. The number of benzene rings is 1. The topological polar surface area (TPSA) is 75.1 Å². The van der Waals surface area contributed by atoms with E-state index in [-0.39, 0.29) is 11.6 Å². The molecule has 1 aromatic carbocycles. The number of pyridine rings is 1. The molecule has 5 rings (SSSR count). The molecule has 3 heterocycles. The maximum atomic E-state index is 14.7. The van der Waals surface area contributed by atoms with Crippen LogP contribution in [0.1, 0.15) is 48.5 Å². The van der Waals surface area contributed by atoms with Crippen molar-refractivity contribution in [2.75, 3.05) is 25.0 Å². The summed E-state index contributed by atoms with van der Waals surface area (Å²) in [4.78, 5) is 18.8. The highest BCUT2D eigenvalue weighted by molar-refractivity contribution is 5.95. The number of aryl methyl sites for hydroxylation is 1. The van der Waals surface area contributed by atoms with Gasteiger partial charge < -0.3 is 15.5 Å². The Kier molecular flexibility index (Phi) is 6.51. The molecule has 2 N–H and O–H groups in total. The summed E-state index contributed by atoms with van der Waals surface area (Å²) in [6.07, 6.45) is 8.63. The highest BCUT2D eigenvalue weighted by Crippen LogP contribution is 2.28. The van der Waals surface area contributed by atoms with Gasteiger partial charge in [-0.3, -0.25) is 4.79 Å². The van der Waals surface area contributed by atoms with E-state index in [4.69, 9.17) is 0 Å². The summed E-state index contributed by atoms with van der Waals surface area (Å²) in [6, 6.07) is 5.02. The molecule has 2 fully saturated rings. The van der Waals surface area contributed by atoms with Crippen molar-refractivity contribution in [3.63, 3.8) is 0 Å². The van der Waals surface area contributed by atoms with Crippen LogP contribution in [0.5, 0.6) is 0 Å². The molecule has 7 nitrogen and oxygen atoms in total. The summed E-state index contributed by atoms with van der Waals surface area (Å²) in [5.41, 5.74) is 2.80. The second-order valence-corrected chi connectivity index (χ2v) is 9.46. The van der Waals surface area contributed by atoms with Gasteiger partial charge in [-0.1, -0.05) is 6.92 Å². The zero-order chi connectivity index (χ0) is 24.5. The Bertz CT molecular complexity index is 1230. The van der Waals surface area contributed by atoms with Crippen molar-refractivity contribution >= 4 is 11.6 Å². The van der Waals surface area contributed by atoms with Crippen molar-refractivity contribution in [3.05, 3.63) is 59.7 Å². The zero-order valence-electron chi connectivity index (χ0n) is 20.0. The lowest BCUT2D eigenvalue weighted by Crippen LogP contribution is -2.38. The van der Waals surface area contributed by atoms with Crippen molar-refractivity contribution in [3.8, 4) is 16.8 Å². The quantitative estimate of drug-likeness (QED) is 0.493. The number of rotatable bonds is 7. The number of amides is 1. The highest BCUT2D eigenvalue weighted by Gasteiger charge is 2.26. The molecule has 0 unspecified atom stereocenters. The van der Waals surface area contributed by atoms with Gasteiger partial charge in [-0.05, 0) is 62.9 Å². The first-order valence-electron chi connectivity index (χ1n) is 12.2. The lowest BCUT2D eigenvalue weighted by atomic mass is 10.0. The van der Waals surface area contributed by atoms with Gasteiger partial charge in [0.25, 0.3) is 5.91 Å². The first-order chi connectivity index (χ1) is 16.9. The molecule has 1 aliphatic heterocycles. The predicted octanol–water partition coefficient (Wildman–Crippen LogP) is 4.31. The third-order valence-corrected chi connectivity index (χ3v) is 6.83. The standard InChI is InChI=1S/C26H30F2N6O/c1-3-33-8-6-19(7-9-33)31-20-11-21(25(28)29-14-20)17-13-30-34(15-17)24-12-22(23(27)10-16(24)2)26(35)32-18-4-5-18/h10-15,18-19,31H,3-9H2,1-2H3,(H,32,35). The molecule has 184 valence electrons. The van der Waals surface area contributed by atoms with Crippen LogP contribution in [-0.4, -0.2) is 57.3 Å². The average Bonchev–Trinajstić information content (AvgIpc) is 3.53. The number of carbonyl (C=O) groups is 1. The summed E-state index contributed by atoms with van der Waals surface area (Å²) in [7, 11) is 0. The molecule has 9 heteroatoms. The summed E-state index contributed by atoms with van der Waals surface area (Å²) in [6.45, 7) is 7.06. The van der Waals surface area contributed by atoms with E-state index < -0.39 is 17.7 Å². The minimum atomic E-state index is -0.587. The molecule has 2 aromatic heterocycles. The van der Waals surface area contributed by atoms with Crippen LogP contribution in [0.25, 0.3) is 16.8 Å². The lowest BCUT2D eigenvalue weighted by molar-refractivity contribution is 0.0947. The molecular formula is C26H30F2N6O. The fourth-order valence-electron chi connectivity index (χ4n) is 4.53. The number of piperidine rings is 1. The van der Waals surface area contributed by atoms with E-state index in [0.29, 0.717) is 28.4 Å². The number of carbonyl (C=O) groups excluding carboxylic acids is 1. The van der Waals surface area contributed by atoms with Crippen molar-refractivity contribution < 1.29 is 13.6 Å². The molecule has 0 bridgehead atoms. The number of halogens is 2. The van der Waals surface area contributed by atoms with Gasteiger partial charge in [0.05, 0.1) is 29.3 Å². The minimum absolute atomic E-state index is 0.0253. The highest BCUT2D eigenvalue weighted by atomic mass is 19.1. The predicted molar refractivity (Wildman–Crippen MR) is 131 cm³/mol. The number of nitrogens with zero attached hydrogens (tertiary/aromatic N) is 4. The Labute approximate surface area is 203 Å². The van der Waals surface area contributed by atoms with Crippen LogP contribution in [0.3, 0.4) is 0 Å². The monoisotopic (exact) mass is 480 g/mol. The van der Waals surface area contributed by atoms with Gasteiger partial charge in [0, 0.05) is 42.5 Å². The van der Waals surface area contributed by atoms with E-state index >= 15 is 0 Å². The molecule has 0 atom stereocenters. The van der Waals surface area contributed by atoms with Gasteiger partial charge in [-0.25, -0.2) is 14.1 Å². The molecule has 1 aliphatic carbocycles. The Morgan fingerprint density at radius 3 is 2.57 bits per heavy atom. The van der Waals surface area contributed by atoms with E-state index in [2.05, 4.69) is 32.5 Å². The van der Waals surface area contributed by atoms with E-state index in [0.717, 1.165) is 51.0 Å². The molecule has 1 saturated heterocycles. The van der Waals surface area contributed by atoms with Crippen LogP contribution in [-0.2, 0) is 0 Å². The Balaban J connectivity index is 1.37. The van der Waals surface area contributed by atoms with Gasteiger partial charge in [0.2, 0.25) is 5.95 Å². The van der Waals surface area contributed by atoms with Crippen LogP contribution < -0.4 is 10.6 Å². The normalized spacial score (nSPS) is 16.9. The first kappa shape index (κ1) is 23.4. The van der Waals surface area contributed by atoms with Gasteiger partial charge in [-0.2, -0.15) is 9.49 Å². The van der Waals surface area contributed by atoms with Gasteiger partial charge in [0.15, 0.2) is 0 Å². The molecule has 0 radical (unpaired) electrons. The van der Waals surface area contributed by atoms with E-state index in [1.807, 2.05) is 0 Å². The first-order valence-corrected chi connectivity index (χ1v) is 12.2. The number of nitrogens with one attached hydrogen (secondary N) is 2. The molecule has 1 amide bonds. The molecule has 35 heavy (non-hydrogen) atoms. The van der Waals surface area contributed by atoms with E-state index in [9.17, 15) is 13.6 Å². The van der Waals surface area contributed by atoms with Crippen molar-refractivity contribution in [1.29, 1.82) is 0 Å². The summed E-state index contributed by atoms with van der Waals surface area (Å²) < 4.78 is 30.7. The molecule has 0 spiro atoms. The van der Waals surface area contributed by atoms with Crippen LogP contribution >= 0.6 is 0 Å². The Morgan fingerprint density at radius 1 is 1.09 bits per heavy atom. The molecule has 1 saturated carbocycles. The molecule has 3 aromatic rings. The van der Waals surface area contributed by atoms with Gasteiger partial charge >= 0.3 is 0 Å². The number of anilines is 1. The minimum Gasteiger partial charge on any atom is -0.381 e. The van der Waals surface area contributed by atoms with Crippen LogP contribution in [0.4, 0.5) is 14.5 Å². The van der Waals surface area contributed by atoms with Crippen LogP contribution in [0.2, 0.25) is 0 Å². The van der Waals surface area contributed by atoms with E-state index in [1.165, 1.54) is 23.0 Å². The molecule has 2 aliphatic rings. The number of aromatic nitrogens is 3. The SMILES string of the molecule is CCN1CCC(Nc2cnc(F)c(-c3cnn(-c4cc(C(=O)NC5CC5)c(F)cc4C)c3)c2)CC1. The number of hydrogen-bond acceptors (Lipinski definition) is 5. The fraction of sp³-hybridized carbons (Fsp3) is 0.423. The van der Waals surface area contributed by atoms with Crippen molar-refractivity contribution in [2.45, 2.75) is 51.6 Å². The Hall–Kier alpha value is -3.33. The van der Waals surface area contributed by atoms with Gasteiger partial charge in [0.1, 0.15) is 5.82 Å². The average molecular weight is 481 g/mol. The second-order valence-electron chi connectivity index (χ2n) is 9.46. The summed E-state index contributed by atoms with van der Waals surface area (Å²) in [5.74, 6) is -1.59. The maximum Gasteiger partial charge on any atom is 0.254 e. The van der Waals surface area contributed by atoms with Crippen LogP contribution in [0, 0.1) is 18.7 Å².